The summed E-state index contributed by atoms with van der Waals surface area (Å²) < 4.78 is 5.34. The second-order valence-corrected chi connectivity index (χ2v) is 8.44. The van der Waals surface area contributed by atoms with E-state index < -0.39 is 0 Å². The van der Waals surface area contributed by atoms with Crippen LogP contribution in [0.1, 0.15) is 45.2 Å². The maximum atomic E-state index is 13.4. The van der Waals surface area contributed by atoms with Gasteiger partial charge in [-0.2, -0.15) is 0 Å². The SMILES string of the molecule is CCN1c2ccccc2NC2=C(C(=O)CC(C)(C)C2)[C@@H]1c1ccc(OC)cc1. The Morgan fingerprint density at radius 3 is 2.50 bits per heavy atom. The van der Waals surface area contributed by atoms with E-state index >= 15 is 0 Å². The normalized spacial score (nSPS) is 20.8. The summed E-state index contributed by atoms with van der Waals surface area (Å²) >= 11 is 0. The third-order valence-electron chi connectivity index (χ3n) is 5.78. The Balaban J connectivity index is 1.93. The minimum atomic E-state index is -0.106. The zero-order chi connectivity index (χ0) is 19.9. The van der Waals surface area contributed by atoms with Crippen LogP contribution in [0.3, 0.4) is 0 Å². The number of likely N-dealkylation sites (N-methyl/N-ethyl adjacent to an activating group) is 1. The van der Waals surface area contributed by atoms with E-state index in [4.69, 9.17) is 4.74 Å². The van der Waals surface area contributed by atoms with E-state index in [0.29, 0.717) is 6.42 Å². The van der Waals surface area contributed by atoms with Crippen LogP contribution in [0.5, 0.6) is 5.75 Å². The average molecular weight is 377 g/mol. The topological polar surface area (TPSA) is 41.6 Å². The number of ketones is 1. The molecule has 0 bridgehead atoms. The molecule has 2 aromatic carbocycles. The molecule has 2 aliphatic rings. The summed E-state index contributed by atoms with van der Waals surface area (Å²) in [5.41, 5.74) is 5.24. The van der Waals surface area contributed by atoms with E-state index in [0.717, 1.165) is 46.9 Å². The lowest BCUT2D eigenvalue weighted by Gasteiger charge is -2.37. The molecule has 0 amide bonds. The van der Waals surface area contributed by atoms with Crippen molar-refractivity contribution < 1.29 is 9.53 Å². The molecule has 4 heteroatoms. The maximum Gasteiger partial charge on any atom is 0.163 e. The molecule has 0 saturated heterocycles. The van der Waals surface area contributed by atoms with Gasteiger partial charge in [0.2, 0.25) is 0 Å². The van der Waals surface area contributed by atoms with Gasteiger partial charge in [0.1, 0.15) is 5.75 Å². The number of allylic oxidation sites excluding steroid dienone is 1. The van der Waals surface area contributed by atoms with Gasteiger partial charge in [-0.25, -0.2) is 0 Å². The first-order chi connectivity index (χ1) is 13.4. The number of methoxy groups -OCH3 is 1. The fraction of sp³-hybridized carbons (Fsp3) is 0.375. The number of nitrogens with zero attached hydrogens (tertiary/aromatic N) is 1. The van der Waals surface area contributed by atoms with Crippen molar-refractivity contribution >= 4 is 17.2 Å². The van der Waals surface area contributed by atoms with Gasteiger partial charge in [-0.15, -0.1) is 0 Å². The molecule has 0 aromatic heterocycles. The lowest BCUT2D eigenvalue weighted by molar-refractivity contribution is -0.118. The van der Waals surface area contributed by atoms with Crippen molar-refractivity contribution in [3.63, 3.8) is 0 Å². The zero-order valence-electron chi connectivity index (χ0n) is 17.1. The highest BCUT2D eigenvalue weighted by Gasteiger charge is 2.40. The van der Waals surface area contributed by atoms with Crippen molar-refractivity contribution in [1.29, 1.82) is 0 Å². The number of carbonyl (C=O) groups is 1. The summed E-state index contributed by atoms with van der Waals surface area (Å²) in [6.45, 7) is 7.30. The van der Waals surface area contributed by atoms with Crippen LogP contribution >= 0.6 is 0 Å². The second-order valence-electron chi connectivity index (χ2n) is 8.44. The number of para-hydroxylation sites is 2. The van der Waals surface area contributed by atoms with Crippen LogP contribution in [-0.4, -0.2) is 19.4 Å². The van der Waals surface area contributed by atoms with Gasteiger partial charge in [0.15, 0.2) is 5.78 Å². The minimum Gasteiger partial charge on any atom is -0.497 e. The fourth-order valence-corrected chi connectivity index (χ4v) is 4.54. The van der Waals surface area contributed by atoms with Crippen LogP contribution in [0.2, 0.25) is 0 Å². The van der Waals surface area contributed by atoms with Crippen molar-refractivity contribution in [2.75, 3.05) is 23.9 Å². The van der Waals surface area contributed by atoms with Crippen molar-refractivity contribution in [2.45, 2.75) is 39.7 Å². The molecule has 28 heavy (non-hydrogen) atoms. The number of nitrogens with one attached hydrogen (secondary N) is 1. The Morgan fingerprint density at radius 1 is 1.11 bits per heavy atom. The van der Waals surface area contributed by atoms with Crippen LogP contribution in [0, 0.1) is 5.41 Å². The first kappa shape index (κ1) is 18.6. The Labute approximate surface area is 167 Å². The van der Waals surface area contributed by atoms with Gasteiger partial charge >= 0.3 is 0 Å². The summed E-state index contributed by atoms with van der Waals surface area (Å²) in [7, 11) is 1.67. The van der Waals surface area contributed by atoms with Crippen LogP contribution in [0.15, 0.2) is 59.8 Å². The number of hydrogen-bond donors (Lipinski definition) is 1. The fourth-order valence-electron chi connectivity index (χ4n) is 4.54. The number of carbonyl (C=O) groups excluding carboxylic acids is 1. The number of benzene rings is 2. The van der Waals surface area contributed by atoms with E-state index in [1.807, 2.05) is 18.2 Å². The average Bonchev–Trinajstić information content (AvgIpc) is 2.81. The van der Waals surface area contributed by atoms with E-state index in [2.05, 4.69) is 61.3 Å². The number of ether oxygens (including phenoxy) is 1. The maximum absolute atomic E-state index is 13.4. The molecule has 0 unspecified atom stereocenters. The Kier molecular flexibility index (Phi) is 4.66. The van der Waals surface area contributed by atoms with Gasteiger partial charge in [0.25, 0.3) is 0 Å². The molecule has 1 atom stereocenters. The first-order valence-corrected chi connectivity index (χ1v) is 9.96. The molecule has 0 spiro atoms. The van der Waals surface area contributed by atoms with Gasteiger partial charge in [0.05, 0.1) is 24.5 Å². The molecule has 2 aromatic rings. The predicted octanol–water partition coefficient (Wildman–Crippen LogP) is 5.33. The number of hydrogen-bond acceptors (Lipinski definition) is 4. The monoisotopic (exact) mass is 376 g/mol. The van der Waals surface area contributed by atoms with Crippen molar-refractivity contribution in [3.05, 3.63) is 65.4 Å². The standard InChI is InChI=1S/C24H28N2O2/c1-5-26-20-9-7-6-8-18(20)25-19-14-24(2,3)15-21(27)22(19)23(26)16-10-12-17(28-4)13-11-16/h6-13,23,25H,5,14-15H2,1-4H3/t23-/m0/s1. The summed E-state index contributed by atoms with van der Waals surface area (Å²) in [6.07, 6.45) is 1.45. The van der Waals surface area contributed by atoms with Crippen molar-refractivity contribution in [3.8, 4) is 5.75 Å². The highest BCUT2D eigenvalue weighted by Crippen LogP contribution is 2.48. The quantitative estimate of drug-likeness (QED) is 0.786. The lowest BCUT2D eigenvalue weighted by atomic mass is 9.73. The van der Waals surface area contributed by atoms with E-state index in [-0.39, 0.29) is 17.2 Å². The lowest BCUT2D eigenvalue weighted by Crippen LogP contribution is -2.36. The second kappa shape index (κ2) is 7.01. The highest BCUT2D eigenvalue weighted by atomic mass is 16.5. The van der Waals surface area contributed by atoms with E-state index in [1.165, 1.54) is 0 Å². The first-order valence-electron chi connectivity index (χ1n) is 9.96. The minimum absolute atomic E-state index is 0.0380. The Morgan fingerprint density at radius 2 is 1.82 bits per heavy atom. The Bertz CT molecular complexity index is 928. The van der Waals surface area contributed by atoms with Crippen molar-refractivity contribution in [1.82, 2.24) is 0 Å². The van der Waals surface area contributed by atoms with Crippen LogP contribution in [-0.2, 0) is 4.79 Å². The molecule has 4 nitrogen and oxygen atoms in total. The summed E-state index contributed by atoms with van der Waals surface area (Å²) in [6, 6.07) is 16.4. The highest BCUT2D eigenvalue weighted by molar-refractivity contribution is 6.01. The number of rotatable bonds is 3. The third-order valence-corrected chi connectivity index (χ3v) is 5.78. The van der Waals surface area contributed by atoms with Crippen LogP contribution < -0.4 is 15.0 Å². The molecule has 0 fully saturated rings. The number of Topliss-reactive ketones (excluding diaryl/α,β-unsaturated/α-hetero) is 1. The van der Waals surface area contributed by atoms with Gasteiger partial charge in [-0.1, -0.05) is 38.1 Å². The molecule has 1 aliphatic heterocycles. The zero-order valence-corrected chi connectivity index (χ0v) is 17.1. The number of anilines is 2. The summed E-state index contributed by atoms with van der Waals surface area (Å²) in [5.74, 6) is 1.06. The molecule has 1 aliphatic carbocycles. The summed E-state index contributed by atoms with van der Waals surface area (Å²) in [5, 5.41) is 3.63. The van der Waals surface area contributed by atoms with E-state index in [9.17, 15) is 4.79 Å². The van der Waals surface area contributed by atoms with Gasteiger partial charge < -0.3 is 15.0 Å². The molecule has 0 radical (unpaired) electrons. The third kappa shape index (κ3) is 3.17. The number of fused-ring (bicyclic) bond motifs is 1. The smallest absolute Gasteiger partial charge is 0.163 e. The molecule has 4 rings (SSSR count). The van der Waals surface area contributed by atoms with Crippen molar-refractivity contribution in [2.24, 2.45) is 5.41 Å². The van der Waals surface area contributed by atoms with E-state index in [1.54, 1.807) is 7.11 Å². The van der Waals surface area contributed by atoms with Crippen LogP contribution in [0.4, 0.5) is 11.4 Å². The molecular weight excluding hydrogens is 348 g/mol. The van der Waals surface area contributed by atoms with Gasteiger partial charge in [-0.05, 0) is 48.6 Å². The molecular formula is C24H28N2O2. The summed E-state index contributed by atoms with van der Waals surface area (Å²) in [4.78, 5) is 15.7. The molecule has 0 saturated carbocycles. The predicted molar refractivity (Wildman–Crippen MR) is 114 cm³/mol. The van der Waals surface area contributed by atoms with Crippen LogP contribution in [0.25, 0.3) is 0 Å². The largest absolute Gasteiger partial charge is 0.497 e. The molecule has 1 N–H and O–H groups in total. The Hall–Kier alpha value is -2.75. The molecule has 1 heterocycles. The van der Waals surface area contributed by atoms with Gasteiger partial charge in [-0.3, -0.25) is 4.79 Å². The molecule has 146 valence electrons. The van der Waals surface area contributed by atoms with Gasteiger partial charge in [0, 0.05) is 24.2 Å².